The Morgan fingerprint density at radius 3 is 2.78 bits per heavy atom. The molecule has 2 fully saturated rings. The third-order valence-corrected chi connectivity index (χ3v) is 4.81. The highest BCUT2D eigenvalue weighted by Crippen LogP contribution is 2.38. The Hall–Kier alpha value is -2.91. The summed E-state index contributed by atoms with van der Waals surface area (Å²) in [6.07, 6.45) is 4.60. The molecule has 0 aromatic heterocycles. The molecule has 0 bridgehead atoms. The fourth-order valence-electron chi connectivity index (χ4n) is 3.33. The van der Waals surface area contributed by atoms with Gasteiger partial charge in [-0.1, -0.05) is 25.8 Å². The van der Waals surface area contributed by atoms with Crippen molar-refractivity contribution in [1.29, 1.82) is 0 Å². The van der Waals surface area contributed by atoms with Gasteiger partial charge in [-0.05, 0) is 18.8 Å². The fraction of sp³-hybridized carbons (Fsp3) is 0.588. The van der Waals surface area contributed by atoms with E-state index in [1.165, 1.54) is 6.08 Å². The molecule has 0 aromatic rings. The zero-order valence-corrected chi connectivity index (χ0v) is 15.2. The van der Waals surface area contributed by atoms with Crippen LogP contribution in [0, 0.1) is 5.92 Å². The van der Waals surface area contributed by atoms with Crippen LogP contribution in [-0.2, 0) is 19.1 Å². The van der Waals surface area contributed by atoms with Crippen molar-refractivity contribution in [3.05, 3.63) is 12.7 Å². The number of hydrogen-bond acceptors (Lipinski definition) is 6. The molecule has 1 saturated carbocycles. The number of urea groups is 2. The van der Waals surface area contributed by atoms with E-state index in [0.29, 0.717) is 6.42 Å². The summed E-state index contributed by atoms with van der Waals surface area (Å²) in [5.74, 6) is -2.21. The average Bonchev–Trinajstić information content (AvgIpc) is 2.86. The van der Waals surface area contributed by atoms with E-state index in [0.717, 1.165) is 24.2 Å². The first kappa shape index (κ1) is 20.4. The summed E-state index contributed by atoms with van der Waals surface area (Å²) >= 11 is 0. The van der Waals surface area contributed by atoms with Crippen LogP contribution < -0.4 is 16.0 Å². The van der Waals surface area contributed by atoms with Crippen LogP contribution in [0.3, 0.4) is 0 Å². The number of imide groups is 2. The van der Waals surface area contributed by atoms with Gasteiger partial charge in [-0.15, -0.1) is 6.58 Å². The number of carbonyl (C=O) groups excluding carboxylic acids is 5. The highest BCUT2D eigenvalue weighted by atomic mass is 16.5. The monoisotopic (exact) mass is 380 g/mol. The Labute approximate surface area is 156 Å². The minimum absolute atomic E-state index is 0.0245. The number of hydrogen-bond donors (Lipinski definition) is 3. The van der Waals surface area contributed by atoms with Crippen molar-refractivity contribution >= 4 is 29.8 Å². The van der Waals surface area contributed by atoms with Gasteiger partial charge in [-0.25, -0.2) is 9.59 Å². The van der Waals surface area contributed by atoms with E-state index < -0.39 is 48.5 Å². The minimum Gasteiger partial charge on any atom is -0.454 e. The van der Waals surface area contributed by atoms with Crippen molar-refractivity contribution in [3.8, 4) is 0 Å². The average molecular weight is 380 g/mol. The van der Waals surface area contributed by atoms with E-state index in [1.54, 1.807) is 0 Å². The molecule has 2 atom stereocenters. The van der Waals surface area contributed by atoms with Crippen molar-refractivity contribution in [3.63, 3.8) is 0 Å². The summed E-state index contributed by atoms with van der Waals surface area (Å²) in [6, 6.07) is -1.39. The van der Waals surface area contributed by atoms with Crippen molar-refractivity contribution in [1.82, 2.24) is 20.9 Å². The molecule has 10 nitrogen and oxygen atoms in total. The van der Waals surface area contributed by atoms with E-state index in [9.17, 15) is 24.0 Å². The van der Waals surface area contributed by atoms with Gasteiger partial charge in [0.1, 0.15) is 12.1 Å². The van der Waals surface area contributed by atoms with E-state index >= 15 is 0 Å². The molecule has 148 valence electrons. The summed E-state index contributed by atoms with van der Waals surface area (Å²) in [5, 5.41) is 7.01. The zero-order valence-electron chi connectivity index (χ0n) is 15.2. The zero-order chi connectivity index (χ0) is 20.0. The van der Waals surface area contributed by atoms with Gasteiger partial charge in [0.25, 0.3) is 11.8 Å². The van der Waals surface area contributed by atoms with E-state index in [4.69, 9.17) is 4.74 Å². The molecule has 1 aliphatic heterocycles. The first-order valence-electron chi connectivity index (χ1n) is 8.78. The Kier molecular flexibility index (Phi) is 6.54. The molecule has 6 amide bonds. The molecule has 0 aromatic carbocycles. The van der Waals surface area contributed by atoms with Gasteiger partial charge in [0, 0.05) is 6.54 Å². The summed E-state index contributed by atoms with van der Waals surface area (Å²) in [7, 11) is 0. The van der Waals surface area contributed by atoms with Gasteiger partial charge < -0.3 is 15.4 Å². The summed E-state index contributed by atoms with van der Waals surface area (Å²) in [5.41, 5.74) is -0.962. The van der Waals surface area contributed by atoms with Crippen LogP contribution in [0.25, 0.3) is 0 Å². The maximum atomic E-state index is 12.7. The third kappa shape index (κ3) is 4.63. The van der Waals surface area contributed by atoms with Gasteiger partial charge >= 0.3 is 18.0 Å². The second-order valence-electron chi connectivity index (χ2n) is 6.65. The van der Waals surface area contributed by atoms with Gasteiger partial charge in [0.15, 0.2) is 6.61 Å². The van der Waals surface area contributed by atoms with E-state index in [1.807, 2.05) is 12.2 Å². The Morgan fingerprint density at radius 1 is 1.37 bits per heavy atom. The van der Waals surface area contributed by atoms with Crippen LogP contribution in [0.2, 0.25) is 0 Å². The van der Waals surface area contributed by atoms with Crippen molar-refractivity contribution in [2.45, 2.75) is 38.1 Å². The first-order valence-corrected chi connectivity index (χ1v) is 8.78. The highest BCUT2D eigenvalue weighted by Gasteiger charge is 2.55. The second kappa shape index (κ2) is 8.65. The largest absolute Gasteiger partial charge is 0.454 e. The van der Waals surface area contributed by atoms with Gasteiger partial charge in [-0.2, -0.15) is 0 Å². The number of nitrogens with one attached hydrogen (secondary N) is 3. The standard InChI is InChI=1S/C17H24N4O6/c1-3-8-18-15(25)19-12(22)10-27-13(23)9-21-14(24)17(20-16(21)26)7-5-4-6-11(17)2/h3,11H,1,4-10H2,2H3,(H,20,26)(H2,18,19,22,25)/t11-,17-/m0/s1. The molecule has 1 heterocycles. The molecule has 27 heavy (non-hydrogen) atoms. The summed E-state index contributed by atoms with van der Waals surface area (Å²) in [4.78, 5) is 60.4. The third-order valence-electron chi connectivity index (χ3n) is 4.81. The molecular weight excluding hydrogens is 356 g/mol. The topological polar surface area (TPSA) is 134 Å². The lowest BCUT2D eigenvalue weighted by Crippen LogP contribution is -2.54. The van der Waals surface area contributed by atoms with E-state index in [-0.39, 0.29) is 12.5 Å². The molecule has 3 N–H and O–H groups in total. The van der Waals surface area contributed by atoms with Gasteiger partial charge in [0.2, 0.25) is 0 Å². The minimum atomic E-state index is -0.962. The molecular formula is C17H24N4O6. The summed E-state index contributed by atoms with van der Waals surface area (Å²) in [6.45, 7) is 4.19. The highest BCUT2D eigenvalue weighted by molar-refractivity contribution is 6.09. The van der Waals surface area contributed by atoms with Crippen LogP contribution in [-0.4, -0.2) is 60.0 Å². The lowest BCUT2D eigenvalue weighted by atomic mass is 9.73. The van der Waals surface area contributed by atoms with Crippen LogP contribution in [0.4, 0.5) is 9.59 Å². The number of amides is 6. The van der Waals surface area contributed by atoms with E-state index in [2.05, 4.69) is 17.2 Å². The van der Waals surface area contributed by atoms with Crippen LogP contribution in [0.15, 0.2) is 12.7 Å². The molecule has 1 aliphatic carbocycles. The predicted octanol–water partition coefficient (Wildman–Crippen LogP) is 0.0421. The van der Waals surface area contributed by atoms with Crippen molar-refractivity contribution in [2.75, 3.05) is 19.7 Å². The number of esters is 1. The number of rotatable bonds is 6. The lowest BCUT2D eigenvalue weighted by Gasteiger charge is -2.36. The second-order valence-corrected chi connectivity index (χ2v) is 6.65. The number of ether oxygens (including phenoxy) is 1. The Morgan fingerprint density at radius 2 is 2.11 bits per heavy atom. The normalized spacial score (nSPS) is 24.3. The summed E-state index contributed by atoms with van der Waals surface area (Å²) < 4.78 is 4.75. The Bertz CT molecular complexity index is 664. The van der Waals surface area contributed by atoms with Crippen molar-refractivity contribution in [2.24, 2.45) is 5.92 Å². The molecule has 10 heteroatoms. The SMILES string of the molecule is C=CCNC(=O)NC(=O)COC(=O)CN1C(=O)N[C@]2(CCCC[C@@H]2C)C1=O. The molecule has 0 unspecified atom stereocenters. The predicted molar refractivity (Wildman–Crippen MR) is 93.3 cm³/mol. The molecule has 2 rings (SSSR count). The van der Waals surface area contributed by atoms with Gasteiger partial charge in [0.05, 0.1) is 0 Å². The lowest BCUT2D eigenvalue weighted by molar-refractivity contribution is -0.151. The smallest absolute Gasteiger partial charge is 0.326 e. The maximum Gasteiger partial charge on any atom is 0.326 e. The molecule has 2 aliphatic rings. The number of nitrogens with zero attached hydrogens (tertiary/aromatic N) is 1. The van der Waals surface area contributed by atoms with Crippen LogP contribution in [0.1, 0.15) is 32.6 Å². The molecule has 1 spiro atoms. The fourth-order valence-corrected chi connectivity index (χ4v) is 3.33. The molecule has 0 radical (unpaired) electrons. The maximum absolute atomic E-state index is 12.7. The van der Waals surface area contributed by atoms with Crippen molar-refractivity contribution < 1.29 is 28.7 Å². The van der Waals surface area contributed by atoms with Gasteiger partial charge in [-0.3, -0.25) is 24.6 Å². The molecule has 1 saturated heterocycles. The number of carbonyl (C=O) groups is 5. The van der Waals surface area contributed by atoms with Crippen LogP contribution >= 0.6 is 0 Å². The van der Waals surface area contributed by atoms with Crippen LogP contribution in [0.5, 0.6) is 0 Å². The quantitative estimate of drug-likeness (QED) is 0.338. The first-order chi connectivity index (χ1) is 12.8. The Balaban J connectivity index is 1.84.